The molecule has 0 aromatic heterocycles. The number of likely N-dealkylation sites (tertiary alicyclic amines) is 1. The zero-order chi connectivity index (χ0) is 22.5. The van der Waals surface area contributed by atoms with Gasteiger partial charge in [-0.3, -0.25) is 25.4 Å². The SMILES string of the molecule is COc1cc(O)c(C(=N)N(C(=N)C=O)c2ccc(CN3CCCC3)cc2)cc1C(C)C. The number of benzene rings is 2. The third-order valence-corrected chi connectivity index (χ3v) is 5.60. The molecule has 7 nitrogen and oxygen atoms in total. The van der Waals surface area contributed by atoms with E-state index in [9.17, 15) is 9.90 Å². The second kappa shape index (κ2) is 9.75. The number of carbonyl (C=O) groups excluding carboxylic acids is 1. The monoisotopic (exact) mass is 422 g/mol. The van der Waals surface area contributed by atoms with Crippen LogP contribution in [0.2, 0.25) is 0 Å². The number of nitrogens with zero attached hydrogens (tertiary/aromatic N) is 2. The first-order chi connectivity index (χ1) is 14.8. The second-order valence-electron chi connectivity index (χ2n) is 8.10. The number of phenols is 1. The molecule has 0 saturated carbocycles. The third kappa shape index (κ3) is 4.94. The van der Waals surface area contributed by atoms with Crippen molar-refractivity contribution in [1.29, 1.82) is 10.8 Å². The molecule has 164 valence electrons. The number of phenolic OH excluding ortho intramolecular Hbond substituents is 1. The van der Waals surface area contributed by atoms with Crippen LogP contribution >= 0.6 is 0 Å². The molecular formula is C24H30N4O3. The fraction of sp³-hybridized carbons (Fsp3) is 0.375. The molecular weight excluding hydrogens is 392 g/mol. The third-order valence-electron chi connectivity index (χ3n) is 5.60. The summed E-state index contributed by atoms with van der Waals surface area (Å²) in [5, 5.41) is 27.4. The maximum atomic E-state index is 11.5. The zero-order valence-corrected chi connectivity index (χ0v) is 18.3. The van der Waals surface area contributed by atoms with Crippen LogP contribution in [-0.2, 0) is 11.3 Å². The number of rotatable bonds is 7. The van der Waals surface area contributed by atoms with Gasteiger partial charge in [-0.1, -0.05) is 26.0 Å². The number of amidine groups is 2. The maximum Gasteiger partial charge on any atom is 0.185 e. The van der Waals surface area contributed by atoms with Crippen molar-refractivity contribution in [2.24, 2.45) is 0 Å². The first kappa shape index (κ1) is 22.5. The van der Waals surface area contributed by atoms with Gasteiger partial charge >= 0.3 is 0 Å². The van der Waals surface area contributed by atoms with E-state index in [1.54, 1.807) is 6.07 Å². The molecule has 2 aromatic rings. The van der Waals surface area contributed by atoms with Gasteiger partial charge in [-0.05, 0) is 61.2 Å². The number of aldehydes is 1. The van der Waals surface area contributed by atoms with Crippen LogP contribution in [-0.4, -0.2) is 48.2 Å². The highest BCUT2D eigenvalue weighted by molar-refractivity contribution is 6.41. The minimum atomic E-state index is -0.376. The standard InChI is InChI=1S/C24H30N4O3/c1-16(2)19-12-20(21(30)13-22(19)31-3)24(26)28(23(25)15-29)18-8-6-17(7-9-18)14-27-10-4-5-11-27/h6-9,12-13,15-16,25-26,30H,4-5,10-11,14H2,1-3H3. The topological polar surface area (TPSA) is 101 Å². The molecule has 0 spiro atoms. The van der Waals surface area contributed by atoms with E-state index in [0.717, 1.165) is 30.8 Å². The Morgan fingerprint density at radius 1 is 1.19 bits per heavy atom. The molecule has 0 radical (unpaired) electrons. The van der Waals surface area contributed by atoms with Crippen molar-refractivity contribution in [2.45, 2.75) is 39.2 Å². The van der Waals surface area contributed by atoms with Gasteiger partial charge in [0.15, 0.2) is 12.1 Å². The molecule has 0 unspecified atom stereocenters. The summed E-state index contributed by atoms with van der Waals surface area (Å²) in [5.41, 5.74) is 2.73. The van der Waals surface area contributed by atoms with Crippen molar-refractivity contribution >= 4 is 23.6 Å². The van der Waals surface area contributed by atoms with Crippen LogP contribution in [0.15, 0.2) is 36.4 Å². The highest BCUT2D eigenvalue weighted by atomic mass is 16.5. The molecule has 0 atom stereocenters. The number of nitrogens with one attached hydrogen (secondary N) is 2. The van der Waals surface area contributed by atoms with Crippen LogP contribution in [0.3, 0.4) is 0 Å². The molecule has 1 aliphatic rings. The molecule has 3 rings (SSSR count). The van der Waals surface area contributed by atoms with Crippen molar-refractivity contribution < 1.29 is 14.6 Å². The van der Waals surface area contributed by atoms with Crippen molar-refractivity contribution in [1.82, 2.24) is 4.90 Å². The highest BCUT2D eigenvalue weighted by Crippen LogP contribution is 2.34. The number of ether oxygens (including phenoxy) is 1. The van der Waals surface area contributed by atoms with E-state index in [1.807, 2.05) is 38.1 Å². The van der Waals surface area contributed by atoms with Crippen molar-refractivity contribution in [3.63, 3.8) is 0 Å². The molecule has 7 heteroatoms. The summed E-state index contributed by atoms with van der Waals surface area (Å²) in [5.74, 6) is -0.0241. The van der Waals surface area contributed by atoms with Gasteiger partial charge in [0.1, 0.15) is 17.3 Å². The van der Waals surface area contributed by atoms with Gasteiger partial charge in [-0.15, -0.1) is 0 Å². The Hall–Kier alpha value is -3.19. The smallest absolute Gasteiger partial charge is 0.185 e. The Morgan fingerprint density at radius 2 is 1.84 bits per heavy atom. The molecule has 1 saturated heterocycles. The number of aromatic hydroxyl groups is 1. The van der Waals surface area contributed by atoms with Gasteiger partial charge in [-0.2, -0.15) is 0 Å². The average molecular weight is 423 g/mol. The number of carbonyl (C=O) groups is 1. The molecule has 31 heavy (non-hydrogen) atoms. The lowest BCUT2D eigenvalue weighted by atomic mass is 9.98. The van der Waals surface area contributed by atoms with Gasteiger partial charge in [0.25, 0.3) is 0 Å². The van der Waals surface area contributed by atoms with E-state index in [0.29, 0.717) is 17.7 Å². The minimum absolute atomic E-state index is 0.103. The van der Waals surface area contributed by atoms with Crippen LogP contribution < -0.4 is 9.64 Å². The number of hydrogen-bond donors (Lipinski definition) is 3. The van der Waals surface area contributed by atoms with Crippen LogP contribution in [0.5, 0.6) is 11.5 Å². The molecule has 1 aliphatic heterocycles. The lowest BCUT2D eigenvalue weighted by Gasteiger charge is -2.25. The van der Waals surface area contributed by atoms with Gasteiger partial charge in [0.05, 0.1) is 12.7 Å². The second-order valence-corrected chi connectivity index (χ2v) is 8.10. The van der Waals surface area contributed by atoms with Crippen molar-refractivity contribution in [2.75, 3.05) is 25.1 Å². The first-order valence-electron chi connectivity index (χ1n) is 10.5. The Balaban J connectivity index is 1.94. The molecule has 3 N–H and O–H groups in total. The van der Waals surface area contributed by atoms with E-state index in [4.69, 9.17) is 15.6 Å². The molecule has 0 aliphatic carbocycles. The Morgan fingerprint density at radius 3 is 2.39 bits per heavy atom. The summed E-state index contributed by atoms with van der Waals surface area (Å²) in [6.45, 7) is 7.05. The molecule has 1 heterocycles. The molecule has 0 amide bonds. The van der Waals surface area contributed by atoms with Gasteiger partial charge in [0.2, 0.25) is 0 Å². The predicted octanol–water partition coefficient (Wildman–Crippen LogP) is 4.13. The normalized spacial score (nSPS) is 13.9. The van der Waals surface area contributed by atoms with Gasteiger partial charge in [0, 0.05) is 18.3 Å². The fourth-order valence-electron chi connectivity index (χ4n) is 3.91. The fourth-order valence-corrected chi connectivity index (χ4v) is 3.91. The highest BCUT2D eigenvalue weighted by Gasteiger charge is 2.23. The molecule has 1 fully saturated rings. The summed E-state index contributed by atoms with van der Waals surface area (Å²) in [7, 11) is 1.53. The Labute approximate surface area is 183 Å². The lowest BCUT2D eigenvalue weighted by molar-refractivity contribution is -0.102. The quantitative estimate of drug-likeness (QED) is 0.354. The lowest BCUT2D eigenvalue weighted by Crippen LogP contribution is -2.37. The number of hydrogen-bond acceptors (Lipinski definition) is 6. The zero-order valence-electron chi connectivity index (χ0n) is 18.3. The Kier molecular flexibility index (Phi) is 7.07. The van der Waals surface area contributed by atoms with E-state index < -0.39 is 0 Å². The largest absolute Gasteiger partial charge is 0.507 e. The molecule has 0 bridgehead atoms. The molecule has 2 aromatic carbocycles. The average Bonchev–Trinajstić information content (AvgIpc) is 3.27. The number of methoxy groups -OCH3 is 1. The van der Waals surface area contributed by atoms with E-state index in [2.05, 4.69) is 4.90 Å². The summed E-state index contributed by atoms with van der Waals surface area (Å²) in [6, 6.07) is 10.7. The van der Waals surface area contributed by atoms with E-state index in [-0.39, 0.29) is 28.9 Å². The summed E-state index contributed by atoms with van der Waals surface area (Å²) in [6.07, 6.45) is 2.85. The summed E-state index contributed by atoms with van der Waals surface area (Å²) >= 11 is 0. The summed E-state index contributed by atoms with van der Waals surface area (Å²) in [4.78, 5) is 15.1. The predicted molar refractivity (Wildman–Crippen MR) is 123 cm³/mol. The van der Waals surface area contributed by atoms with Crippen molar-refractivity contribution in [3.05, 3.63) is 53.1 Å². The van der Waals surface area contributed by atoms with Crippen LogP contribution in [0.1, 0.15) is 49.3 Å². The van der Waals surface area contributed by atoms with Gasteiger partial charge < -0.3 is 9.84 Å². The van der Waals surface area contributed by atoms with Gasteiger partial charge in [-0.25, -0.2) is 0 Å². The van der Waals surface area contributed by atoms with Crippen LogP contribution in [0, 0.1) is 10.8 Å². The van der Waals surface area contributed by atoms with Crippen molar-refractivity contribution in [3.8, 4) is 11.5 Å². The van der Waals surface area contributed by atoms with Crippen LogP contribution in [0.4, 0.5) is 5.69 Å². The Bertz CT molecular complexity index is 964. The minimum Gasteiger partial charge on any atom is -0.507 e. The maximum absolute atomic E-state index is 11.5. The van der Waals surface area contributed by atoms with E-state index in [1.165, 1.54) is 30.9 Å². The first-order valence-corrected chi connectivity index (χ1v) is 10.5. The van der Waals surface area contributed by atoms with Crippen LogP contribution in [0.25, 0.3) is 0 Å². The summed E-state index contributed by atoms with van der Waals surface area (Å²) < 4.78 is 5.36. The van der Waals surface area contributed by atoms with E-state index >= 15 is 0 Å². The number of anilines is 1.